The number of carbonyl (C=O) groups is 1. The van der Waals surface area contributed by atoms with Gasteiger partial charge >= 0.3 is 0 Å². The molecular formula is C24H29N7O. The summed E-state index contributed by atoms with van der Waals surface area (Å²) < 4.78 is 0. The van der Waals surface area contributed by atoms with E-state index in [0.717, 1.165) is 42.9 Å². The normalized spacial score (nSPS) is 16.2. The lowest BCUT2D eigenvalue weighted by molar-refractivity contribution is 0.102. The SMILES string of the molecule is Cc1cc(C2=CCN(C(=N)N)CC2)ccc1C(=O)Nc1ccc(C2CN(C(=N)N)C2)cc1. The van der Waals surface area contributed by atoms with Crippen LogP contribution in [0.3, 0.4) is 0 Å². The third-order valence-corrected chi connectivity index (χ3v) is 6.25. The van der Waals surface area contributed by atoms with Crippen molar-refractivity contribution in [3.8, 4) is 0 Å². The van der Waals surface area contributed by atoms with E-state index in [1.807, 2.05) is 59.2 Å². The van der Waals surface area contributed by atoms with Gasteiger partial charge in [-0.3, -0.25) is 15.6 Å². The molecule has 0 aliphatic carbocycles. The lowest BCUT2D eigenvalue weighted by Gasteiger charge is -2.39. The largest absolute Gasteiger partial charge is 0.370 e. The number of guanidine groups is 2. The molecule has 0 radical (unpaired) electrons. The number of nitrogens with two attached hydrogens (primary N) is 2. The van der Waals surface area contributed by atoms with Crippen molar-refractivity contribution >= 4 is 29.1 Å². The molecule has 2 aromatic carbocycles. The molecule has 32 heavy (non-hydrogen) atoms. The first kappa shape index (κ1) is 21.4. The smallest absolute Gasteiger partial charge is 0.255 e. The van der Waals surface area contributed by atoms with Crippen molar-refractivity contribution in [3.05, 3.63) is 70.8 Å². The van der Waals surface area contributed by atoms with Gasteiger partial charge in [0, 0.05) is 43.3 Å². The standard InChI is InChI=1S/C24H29N7O/c1-15-12-18(17-8-10-30(11-9-17)23(25)26)4-7-21(15)22(32)29-20-5-2-16(3-6-20)19-13-31(14-19)24(27)28/h2-8,12,19H,9-11,13-14H2,1H3,(H3,25,26)(H3,27,28)(H,29,32). The van der Waals surface area contributed by atoms with Gasteiger partial charge in [0.25, 0.3) is 5.91 Å². The number of amides is 1. The molecule has 2 aliphatic rings. The number of aryl methyl sites for hydroxylation is 1. The Hall–Kier alpha value is -3.81. The molecule has 4 rings (SSSR count). The van der Waals surface area contributed by atoms with E-state index in [-0.39, 0.29) is 17.8 Å². The van der Waals surface area contributed by atoms with Gasteiger partial charge in [0.1, 0.15) is 0 Å². The Bertz CT molecular complexity index is 1080. The van der Waals surface area contributed by atoms with Gasteiger partial charge in [-0.15, -0.1) is 0 Å². The molecule has 8 heteroatoms. The average molecular weight is 432 g/mol. The maximum Gasteiger partial charge on any atom is 0.255 e. The topological polar surface area (TPSA) is 135 Å². The van der Waals surface area contributed by atoms with Gasteiger partial charge in [0.2, 0.25) is 0 Å². The molecule has 0 saturated carbocycles. The van der Waals surface area contributed by atoms with Crippen molar-refractivity contribution in [1.29, 1.82) is 10.8 Å². The summed E-state index contributed by atoms with van der Waals surface area (Å²) in [4.78, 5) is 16.5. The quantitative estimate of drug-likeness (QED) is 0.374. The second kappa shape index (κ2) is 8.74. The molecule has 2 aromatic rings. The van der Waals surface area contributed by atoms with Crippen LogP contribution in [0.2, 0.25) is 0 Å². The second-order valence-electron chi connectivity index (χ2n) is 8.40. The zero-order chi connectivity index (χ0) is 22.8. The van der Waals surface area contributed by atoms with Crippen LogP contribution in [0.5, 0.6) is 0 Å². The van der Waals surface area contributed by atoms with Gasteiger partial charge in [0.05, 0.1) is 0 Å². The maximum absolute atomic E-state index is 12.8. The predicted molar refractivity (Wildman–Crippen MR) is 128 cm³/mol. The Balaban J connectivity index is 1.38. The van der Waals surface area contributed by atoms with E-state index in [9.17, 15) is 4.79 Å². The molecule has 2 heterocycles. The number of likely N-dealkylation sites (tertiary alicyclic amines) is 1. The fourth-order valence-electron chi connectivity index (χ4n) is 4.19. The zero-order valence-electron chi connectivity index (χ0n) is 18.2. The molecule has 0 atom stereocenters. The monoisotopic (exact) mass is 431 g/mol. The highest BCUT2D eigenvalue weighted by molar-refractivity contribution is 6.05. The number of hydrogen-bond donors (Lipinski definition) is 5. The van der Waals surface area contributed by atoms with E-state index < -0.39 is 0 Å². The minimum absolute atomic E-state index is 0.0993. The van der Waals surface area contributed by atoms with Crippen LogP contribution in [0, 0.1) is 17.7 Å². The van der Waals surface area contributed by atoms with E-state index in [1.54, 1.807) is 0 Å². The van der Waals surface area contributed by atoms with Crippen LogP contribution in [0.25, 0.3) is 5.57 Å². The minimum Gasteiger partial charge on any atom is -0.370 e. The molecule has 2 aliphatic heterocycles. The van der Waals surface area contributed by atoms with Crippen LogP contribution in [-0.4, -0.2) is 53.8 Å². The summed E-state index contributed by atoms with van der Waals surface area (Å²) in [5, 5.41) is 18.0. The van der Waals surface area contributed by atoms with Crippen LogP contribution in [0.1, 0.15) is 39.4 Å². The highest BCUT2D eigenvalue weighted by Crippen LogP contribution is 2.28. The van der Waals surface area contributed by atoms with Crippen LogP contribution < -0.4 is 16.8 Å². The van der Waals surface area contributed by atoms with Gasteiger partial charge in [-0.2, -0.15) is 0 Å². The van der Waals surface area contributed by atoms with Crippen molar-refractivity contribution in [2.75, 3.05) is 31.5 Å². The van der Waals surface area contributed by atoms with Gasteiger partial charge in [-0.05, 0) is 53.8 Å². The van der Waals surface area contributed by atoms with E-state index in [4.69, 9.17) is 22.3 Å². The molecule has 0 aromatic heterocycles. The molecule has 1 fully saturated rings. The van der Waals surface area contributed by atoms with E-state index in [0.29, 0.717) is 18.0 Å². The maximum atomic E-state index is 12.8. The first-order valence-corrected chi connectivity index (χ1v) is 10.7. The van der Waals surface area contributed by atoms with Gasteiger partial charge in [-0.25, -0.2) is 0 Å². The van der Waals surface area contributed by atoms with E-state index in [2.05, 4.69) is 11.4 Å². The summed E-state index contributed by atoms with van der Waals surface area (Å²) in [6.07, 6.45) is 2.92. The Kier molecular flexibility index (Phi) is 5.85. The van der Waals surface area contributed by atoms with Gasteiger partial charge < -0.3 is 26.6 Å². The second-order valence-corrected chi connectivity index (χ2v) is 8.40. The molecule has 0 unspecified atom stereocenters. The lowest BCUT2D eigenvalue weighted by atomic mass is 9.91. The van der Waals surface area contributed by atoms with Gasteiger partial charge in [-0.1, -0.05) is 30.3 Å². The number of nitrogens with one attached hydrogen (secondary N) is 3. The molecule has 0 bridgehead atoms. The minimum atomic E-state index is -0.131. The van der Waals surface area contributed by atoms with Crippen molar-refractivity contribution in [3.63, 3.8) is 0 Å². The highest BCUT2D eigenvalue weighted by Gasteiger charge is 2.28. The molecular weight excluding hydrogens is 402 g/mol. The Morgan fingerprint density at radius 1 is 1.03 bits per heavy atom. The molecule has 7 N–H and O–H groups in total. The molecule has 0 spiro atoms. The van der Waals surface area contributed by atoms with E-state index >= 15 is 0 Å². The molecule has 166 valence electrons. The summed E-state index contributed by atoms with van der Waals surface area (Å²) in [6, 6.07) is 13.8. The average Bonchev–Trinajstić information content (AvgIpc) is 2.73. The summed E-state index contributed by atoms with van der Waals surface area (Å²) in [7, 11) is 0. The fraction of sp³-hybridized carbons (Fsp3) is 0.292. The lowest BCUT2D eigenvalue weighted by Crippen LogP contribution is -2.51. The van der Waals surface area contributed by atoms with Crippen LogP contribution in [0.4, 0.5) is 5.69 Å². The van der Waals surface area contributed by atoms with Crippen LogP contribution >= 0.6 is 0 Å². The number of hydrogen-bond acceptors (Lipinski definition) is 3. The van der Waals surface area contributed by atoms with E-state index in [1.165, 1.54) is 11.1 Å². The molecule has 1 saturated heterocycles. The number of rotatable bonds is 4. The number of benzene rings is 2. The van der Waals surface area contributed by atoms with Crippen molar-refractivity contribution in [1.82, 2.24) is 9.80 Å². The Morgan fingerprint density at radius 3 is 2.28 bits per heavy atom. The summed E-state index contributed by atoms with van der Waals surface area (Å²) in [6.45, 7) is 4.83. The fourth-order valence-corrected chi connectivity index (χ4v) is 4.19. The summed E-state index contributed by atoms with van der Waals surface area (Å²) >= 11 is 0. The third kappa shape index (κ3) is 4.44. The molecule has 1 amide bonds. The number of anilines is 1. The van der Waals surface area contributed by atoms with Crippen molar-refractivity contribution in [2.24, 2.45) is 11.5 Å². The highest BCUT2D eigenvalue weighted by atomic mass is 16.1. The number of carbonyl (C=O) groups excluding carboxylic acids is 1. The van der Waals surface area contributed by atoms with Gasteiger partial charge in [0.15, 0.2) is 11.9 Å². The summed E-state index contributed by atoms with van der Waals surface area (Å²) in [5.74, 6) is 0.454. The van der Waals surface area contributed by atoms with Crippen molar-refractivity contribution < 1.29 is 4.79 Å². The first-order valence-electron chi connectivity index (χ1n) is 10.7. The third-order valence-electron chi connectivity index (χ3n) is 6.25. The Labute approximate surface area is 187 Å². The van der Waals surface area contributed by atoms with Crippen molar-refractivity contribution in [2.45, 2.75) is 19.3 Å². The van der Waals surface area contributed by atoms with Crippen LogP contribution in [-0.2, 0) is 0 Å². The summed E-state index contributed by atoms with van der Waals surface area (Å²) in [5.41, 5.74) is 16.9. The van der Waals surface area contributed by atoms with Crippen LogP contribution in [0.15, 0.2) is 48.5 Å². The predicted octanol–water partition coefficient (Wildman–Crippen LogP) is 2.52. The zero-order valence-corrected chi connectivity index (χ0v) is 18.2. The molecule has 8 nitrogen and oxygen atoms in total. The first-order chi connectivity index (χ1) is 15.3. The Morgan fingerprint density at radius 2 is 1.72 bits per heavy atom. The number of nitrogens with zero attached hydrogens (tertiary/aromatic N) is 2.